The smallest absolute Gasteiger partial charge is 0.0226 e. The number of hydrogen-bond acceptors (Lipinski definition) is 2. The summed E-state index contributed by atoms with van der Waals surface area (Å²) in [6.45, 7) is 3.39. The molecule has 2 rings (SSSR count). The summed E-state index contributed by atoms with van der Waals surface area (Å²) < 4.78 is 0. The second-order valence-electron chi connectivity index (χ2n) is 4.80. The molecule has 2 unspecified atom stereocenters. The van der Waals surface area contributed by atoms with Crippen LogP contribution in [0.3, 0.4) is 0 Å². The lowest BCUT2D eigenvalue weighted by Crippen LogP contribution is -2.39. The van der Waals surface area contributed by atoms with E-state index in [2.05, 4.69) is 54.3 Å². The van der Waals surface area contributed by atoms with Gasteiger partial charge in [-0.3, -0.25) is 0 Å². The predicted octanol–water partition coefficient (Wildman–Crippen LogP) is 3.49. The zero-order valence-electron chi connectivity index (χ0n) is 10.7. The first-order valence-corrected chi connectivity index (χ1v) is 7.84. The van der Waals surface area contributed by atoms with Gasteiger partial charge >= 0.3 is 0 Å². The topological polar surface area (TPSA) is 12.0 Å². The maximum absolute atomic E-state index is 3.74. The van der Waals surface area contributed by atoms with E-state index in [1.54, 1.807) is 0 Å². The van der Waals surface area contributed by atoms with Crippen LogP contribution in [0.5, 0.6) is 0 Å². The molecule has 1 N–H and O–H groups in total. The van der Waals surface area contributed by atoms with Gasteiger partial charge in [-0.1, -0.05) is 37.3 Å². The molecule has 1 aromatic rings. The molecule has 0 radical (unpaired) electrons. The lowest BCUT2D eigenvalue weighted by molar-refractivity contribution is 0.482. The Bertz CT molecular complexity index is 306. The maximum atomic E-state index is 3.74. The lowest BCUT2D eigenvalue weighted by Gasteiger charge is -2.24. The van der Waals surface area contributed by atoms with Crippen LogP contribution in [0.2, 0.25) is 0 Å². The van der Waals surface area contributed by atoms with Gasteiger partial charge in [0.1, 0.15) is 0 Å². The molecule has 1 aromatic carbocycles. The minimum Gasteiger partial charge on any atom is -0.313 e. The summed E-state index contributed by atoms with van der Waals surface area (Å²) in [5.74, 6) is 1.35. The summed E-state index contributed by atoms with van der Waals surface area (Å²) in [4.78, 5) is 0. The van der Waals surface area contributed by atoms with Crippen molar-refractivity contribution in [2.45, 2.75) is 43.9 Å². The Kier molecular flexibility index (Phi) is 5.40. The Morgan fingerprint density at radius 2 is 2.18 bits per heavy atom. The molecule has 0 spiro atoms. The van der Waals surface area contributed by atoms with E-state index >= 15 is 0 Å². The maximum Gasteiger partial charge on any atom is 0.0226 e. The number of benzene rings is 1. The fourth-order valence-electron chi connectivity index (χ4n) is 2.45. The highest BCUT2D eigenvalue weighted by molar-refractivity contribution is 8.00. The van der Waals surface area contributed by atoms with Gasteiger partial charge in [0, 0.05) is 11.3 Å². The molecule has 1 aliphatic rings. The summed E-state index contributed by atoms with van der Waals surface area (Å²) in [7, 11) is 0. The molecule has 0 aliphatic carbocycles. The van der Waals surface area contributed by atoms with Crippen molar-refractivity contribution in [1.82, 2.24) is 5.32 Å². The highest BCUT2D eigenvalue weighted by Gasteiger charge is 2.25. The number of hydrogen-bond donors (Lipinski definition) is 1. The average molecular weight is 249 g/mol. The molecule has 1 heterocycles. The molecular weight excluding hydrogens is 226 g/mol. The summed E-state index contributed by atoms with van der Waals surface area (Å²) in [5, 5.41) is 4.56. The predicted molar refractivity (Wildman–Crippen MR) is 77.7 cm³/mol. The Hall–Kier alpha value is -0.470. The lowest BCUT2D eigenvalue weighted by atomic mass is 10.0. The van der Waals surface area contributed by atoms with E-state index in [1.807, 2.05) is 0 Å². The van der Waals surface area contributed by atoms with Gasteiger partial charge in [-0.05, 0) is 43.5 Å². The Morgan fingerprint density at radius 1 is 1.35 bits per heavy atom. The minimum atomic E-state index is 0.657. The average Bonchev–Trinajstić information content (AvgIpc) is 2.89. The van der Waals surface area contributed by atoms with Gasteiger partial charge in [0.25, 0.3) is 0 Å². The van der Waals surface area contributed by atoms with Crippen LogP contribution >= 0.6 is 11.8 Å². The third kappa shape index (κ3) is 4.04. The van der Waals surface area contributed by atoms with Gasteiger partial charge < -0.3 is 5.32 Å². The van der Waals surface area contributed by atoms with Crippen molar-refractivity contribution >= 4 is 11.8 Å². The molecule has 2 heteroatoms. The molecular formula is C15H23NS. The monoisotopic (exact) mass is 249 g/mol. The first kappa shape index (κ1) is 13.0. The third-order valence-electron chi connectivity index (χ3n) is 3.37. The van der Waals surface area contributed by atoms with Crippen molar-refractivity contribution in [1.29, 1.82) is 0 Å². The first-order valence-electron chi connectivity index (χ1n) is 6.79. The normalized spacial score (nSPS) is 21.6. The molecule has 1 fully saturated rings. The second kappa shape index (κ2) is 7.07. The highest BCUT2D eigenvalue weighted by Crippen LogP contribution is 2.30. The summed E-state index contributed by atoms with van der Waals surface area (Å²) in [6, 6.07) is 11.6. The first-order chi connectivity index (χ1) is 8.40. The van der Waals surface area contributed by atoms with E-state index in [0.29, 0.717) is 6.04 Å². The van der Waals surface area contributed by atoms with Crippen LogP contribution < -0.4 is 5.32 Å². The Balaban J connectivity index is 1.94. The van der Waals surface area contributed by atoms with Gasteiger partial charge in [-0.25, -0.2) is 0 Å². The fraction of sp³-hybridized carbons (Fsp3) is 0.600. The van der Waals surface area contributed by atoms with Gasteiger partial charge in [-0.2, -0.15) is 11.8 Å². The molecule has 1 saturated heterocycles. The van der Waals surface area contributed by atoms with E-state index < -0.39 is 0 Å². The van der Waals surface area contributed by atoms with Crippen LogP contribution in [0.1, 0.15) is 31.7 Å². The molecule has 0 amide bonds. The van der Waals surface area contributed by atoms with E-state index in [1.165, 1.54) is 37.0 Å². The third-order valence-corrected chi connectivity index (χ3v) is 4.89. The molecule has 2 atom stereocenters. The van der Waals surface area contributed by atoms with Crippen molar-refractivity contribution in [2.75, 3.05) is 12.3 Å². The molecule has 17 heavy (non-hydrogen) atoms. The highest BCUT2D eigenvalue weighted by atomic mass is 32.2. The standard InChI is InChI=1S/C15H23NS/c1-2-10-16-14(15-9-6-11-17-15)12-13-7-4-3-5-8-13/h3-5,7-8,14-16H,2,6,9-12H2,1H3. The van der Waals surface area contributed by atoms with Crippen molar-refractivity contribution in [3.63, 3.8) is 0 Å². The summed E-state index contributed by atoms with van der Waals surface area (Å²) in [5.41, 5.74) is 1.47. The quantitative estimate of drug-likeness (QED) is 0.828. The van der Waals surface area contributed by atoms with Crippen LogP contribution in [-0.2, 0) is 6.42 Å². The van der Waals surface area contributed by atoms with Crippen molar-refractivity contribution in [3.05, 3.63) is 35.9 Å². The molecule has 1 nitrogen and oxygen atoms in total. The SMILES string of the molecule is CCCNC(Cc1ccccc1)C1CCCS1. The number of rotatable bonds is 6. The van der Waals surface area contributed by atoms with Crippen LogP contribution in [-0.4, -0.2) is 23.6 Å². The molecule has 0 bridgehead atoms. The largest absolute Gasteiger partial charge is 0.313 e. The summed E-state index contributed by atoms with van der Waals surface area (Å²) in [6.07, 6.45) is 5.19. The fourth-order valence-corrected chi connectivity index (χ4v) is 3.85. The van der Waals surface area contributed by atoms with Crippen LogP contribution in [0.25, 0.3) is 0 Å². The van der Waals surface area contributed by atoms with Gasteiger partial charge in [0.15, 0.2) is 0 Å². The van der Waals surface area contributed by atoms with E-state index in [4.69, 9.17) is 0 Å². The summed E-state index contributed by atoms with van der Waals surface area (Å²) >= 11 is 2.16. The van der Waals surface area contributed by atoms with Crippen molar-refractivity contribution in [2.24, 2.45) is 0 Å². The second-order valence-corrected chi connectivity index (χ2v) is 6.15. The van der Waals surface area contributed by atoms with Gasteiger partial charge in [0.2, 0.25) is 0 Å². The van der Waals surface area contributed by atoms with E-state index in [-0.39, 0.29) is 0 Å². The molecule has 1 aliphatic heterocycles. The van der Waals surface area contributed by atoms with Crippen molar-refractivity contribution < 1.29 is 0 Å². The number of nitrogens with one attached hydrogen (secondary N) is 1. The Morgan fingerprint density at radius 3 is 2.82 bits per heavy atom. The zero-order chi connectivity index (χ0) is 11.9. The van der Waals surface area contributed by atoms with Crippen LogP contribution in [0, 0.1) is 0 Å². The molecule has 0 aromatic heterocycles. The van der Waals surface area contributed by atoms with Crippen LogP contribution in [0.4, 0.5) is 0 Å². The molecule has 0 saturated carbocycles. The van der Waals surface area contributed by atoms with Crippen molar-refractivity contribution in [3.8, 4) is 0 Å². The van der Waals surface area contributed by atoms with Crippen LogP contribution in [0.15, 0.2) is 30.3 Å². The number of thioether (sulfide) groups is 1. The Labute approximate surface area is 109 Å². The minimum absolute atomic E-state index is 0.657. The van der Waals surface area contributed by atoms with E-state index in [9.17, 15) is 0 Å². The van der Waals surface area contributed by atoms with Gasteiger partial charge in [-0.15, -0.1) is 0 Å². The molecule has 94 valence electrons. The van der Waals surface area contributed by atoms with Gasteiger partial charge in [0.05, 0.1) is 0 Å². The zero-order valence-corrected chi connectivity index (χ0v) is 11.5. The van der Waals surface area contributed by atoms with E-state index in [0.717, 1.165) is 11.8 Å².